The number of rotatable bonds is 5. The van der Waals surface area contributed by atoms with E-state index in [2.05, 4.69) is 0 Å². The number of hydrogen-bond donors (Lipinski definition) is 1. The van der Waals surface area contributed by atoms with Crippen LogP contribution >= 0.6 is 0 Å². The number of likely N-dealkylation sites (N-methyl/N-ethyl adjacent to an activating group) is 1. The Labute approximate surface area is 143 Å². The van der Waals surface area contributed by atoms with E-state index >= 15 is 0 Å². The summed E-state index contributed by atoms with van der Waals surface area (Å²) in [5.41, 5.74) is -0.908. The first-order chi connectivity index (χ1) is 11.7. The maximum Gasteiger partial charge on any atom is 0.418 e. The Hall–Kier alpha value is -2.31. The zero-order valence-corrected chi connectivity index (χ0v) is 13.6. The fraction of sp³-hybridized carbons (Fsp3) is 0.500. The molecule has 6 nitrogen and oxygen atoms in total. The summed E-state index contributed by atoms with van der Waals surface area (Å²) in [5, 5.41) is 17.6. The molecular formula is C16H18F3N3O3. The second kappa shape index (κ2) is 7.72. The molecule has 0 aromatic heterocycles. The Morgan fingerprint density at radius 3 is 2.84 bits per heavy atom. The number of halogens is 3. The number of carboxylic acids is 1. The lowest BCUT2D eigenvalue weighted by molar-refractivity contribution is -0.139. The Kier molecular flexibility index (Phi) is 5.87. The van der Waals surface area contributed by atoms with Crippen LogP contribution in [0.15, 0.2) is 18.2 Å². The van der Waals surface area contributed by atoms with E-state index in [1.165, 1.54) is 12.1 Å². The van der Waals surface area contributed by atoms with Crippen LogP contribution in [-0.4, -0.2) is 61.9 Å². The van der Waals surface area contributed by atoms with E-state index in [1.54, 1.807) is 22.9 Å². The summed E-state index contributed by atoms with van der Waals surface area (Å²) in [6, 6.07) is 5.21. The molecule has 136 valence electrons. The van der Waals surface area contributed by atoms with Crippen LogP contribution in [0.1, 0.15) is 11.1 Å². The van der Waals surface area contributed by atoms with E-state index in [1.807, 2.05) is 0 Å². The molecule has 1 N–H and O–H groups in total. The van der Waals surface area contributed by atoms with Gasteiger partial charge in [-0.15, -0.1) is 0 Å². The maximum atomic E-state index is 13.3. The van der Waals surface area contributed by atoms with E-state index in [4.69, 9.17) is 15.1 Å². The summed E-state index contributed by atoms with van der Waals surface area (Å²) >= 11 is 0. The summed E-state index contributed by atoms with van der Waals surface area (Å²) in [4.78, 5) is 13.8. The summed E-state index contributed by atoms with van der Waals surface area (Å²) in [5.74, 6) is -0.985. The summed E-state index contributed by atoms with van der Waals surface area (Å²) in [6.07, 6.45) is -4.98. The van der Waals surface area contributed by atoms with Crippen LogP contribution in [0, 0.1) is 11.3 Å². The van der Waals surface area contributed by atoms with E-state index in [0.717, 1.165) is 6.07 Å². The zero-order valence-electron chi connectivity index (χ0n) is 13.6. The molecule has 2 rings (SSSR count). The number of morpholine rings is 1. The van der Waals surface area contributed by atoms with Crippen molar-refractivity contribution in [1.82, 2.24) is 4.90 Å². The average molecular weight is 357 g/mol. The van der Waals surface area contributed by atoms with Gasteiger partial charge in [-0.2, -0.15) is 18.4 Å². The van der Waals surface area contributed by atoms with Gasteiger partial charge in [0, 0.05) is 25.3 Å². The van der Waals surface area contributed by atoms with Crippen LogP contribution in [0.25, 0.3) is 0 Å². The van der Waals surface area contributed by atoms with Gasteiger partial charge in [0.15, 0.2) is 0 Å². The molecule has 1 atom stereocenters. The van der Waals surface area contributed by atoms with Crippen molar-refractivity contribution >= 4 is 11.7 Å². The van der Waals surface area contributed by atoms with Gasteiger partial charge in [0.25, 0.3) is 0 Å². The number of carbonyl (C=O) groups is 1. The Bertz CT molecular complexity index is 673. The lowest BCUT2D eigenvalue weighted by Crippen LogP contribution is -2.48. The molecule has 0 bridgehead atoms. The lowest BCUT2D eigenvalue weighted by atomic mass is 10.1. The van der Waals surface area contributed by atoms with Crippen LogP contribution in [0.2, 0.25) is 0 Å². The van der Waals surface area contributed by atoms with Crippen LogP contribution < -0.4 is 4.90 Å². The maximum absolute atomic E-state index is 13.3. The van der Waals surface area contributed by atoms with Crippen LogP contribution in [0.3, 0.4) is 0 Å². The van der Waals surface area contributed by atoms with Gasteiger partial charge in [-0.05, 0) is 25.2 Å². The quantitative estimate of drug-likeness (QED) is 0.866. The SMILES string of the molecule is CN(CC(=O)O)CC1CN(c2ccc(C#N)cc2C(F)(F)F)CCO1. The molecule has 9 heteroatoms. The topological polar surface area (TPSA) is 76.8 Å². The molecule has 1 aliphatic heterocycles. The third-order valence-corrected chi connectivity index (χ3v) is 3.83. The van der Waals surface area contributed by atoms with Gasteiger partial charge < -0.3 is 14.7 Å². The van der Waals surface area contributed by atoms with Crippen molar-refractivity contribution in [2.24, 2.45) is 0 Å². The Morgan fingerprint density at radius 1 is 1.52 bits per heavy atom. The summed E-state index contributed by atoms with van der Waals surface area (Å²) < 4.78 is 45.5. The molecule has 1 fully saturated rings. The molecule has 0 amide bonds. The van der Waals surface area contributed by atoms with Crippen molar-refractivity contribution < 1.29 is 27.8 Å². The average Bonchev–Trinajstić information content (AvgIpc) is 2.52. The van der Waals surface area contributed by atoms with E-state index < -0.39 is 23.8 Å². The lowest BCUT2D eigenvalue weighted by Gasteiger charge is -2.37. The highest BCUT2D eigenvalue weighted by Crippen LogP contribution is 2.37. The molecular weight excluding hydrogens is 339 g/mol. The molecule has 0 saturated carbocycles. The first kappa shape index (κ1) is 19.0. The Balaban J connectivity index is 2.18. The predicted octanol–water partition coefficient (Wildman–Crippen LogP) is 1.80. The first-order valence-electron chi connectivity index (χ1n) is 7.59. The number of benzene rings is 1. The van der Waals surface area contributed by atoms with Gasteiger partial charge in [0.2, 0.25) is 0 Å². The van der Waals surface area contributed by atoms with Crippen molar-refractivity contribution in [3.63, 3.8) is 0 Å². The Morgan fingerprint density at radius 2 is 2.24 bits per heavy atom. The number of aliphatic carboxylic acids is 1. The van der Waals surface area contributed by atoms with Gasteiger partial charge >= 0.3 is 12.1 Å². The minimum atomic E-state index is -4.57. The van der Waals surface area contributed by atoms with E-state index in [-0.39, 0.29) is 37.5 Å². The predicted molar refractivity (Wildman–Crippen MR) is 83.2 cm³/mol. The highest BCUT2D eigenvalue weighted by molar-refractivity contribution is 5.69. The third-order valence-electron chi connectivity index (χ3n) is 3.83. The van der Waals surface area contributed by atoms with Crippen LogP contribution in [-0.2, 0) is 15.7 Å². The monoisotopic (exact) mass is 357 g/mol. The van der Waals surface area contributed by atoms with Crippen LogP contribution in [0.5, 0.6) is 0 Å². The molecule has 0 radical (unpaired) electrons. The van der Waals surface area contributed by atoms with Crippen LogP contribution in [0.4, 0.5) is 18.9 Å². The first-order valence-corrected chi connectivity index (χ1v) is 7.59. The van der Waals surface area contributed by atoms with Gasteiger partial charge in [0.05, 0.1) is 36.5 Å². The number of alkyl halides is 3. The van der Waals surface area contributed by atoms with Gasteiger partial charge in [0.1, 0.15) is 0 Å². The number of ether oxygens (including phenoxy) is 1. The largest absolute Gasteiger partial charge is 0.480 e. The molecule has 1 aliphatic rings. The smallest absolute Gasteiger partial charge is 0.418 e. The number of carboxylic acid groups (broad SMARTS) is 1. The highest BCUT2D eigenvalue weighted by atomic mass is 19.4. The zero-order chi connectivity index (χ0) is 18.6. The standard InChI is InChI=1S/C16H18F3N3O3/c1-21(10-15(23)24)8-12-9-22(4-5-25-12)14-3-2-11(7-20)6-13(14)16(17,18)19/h2-3,6,12H,4-5,8-10H2,1H3,(H,23,24). The van der Waals surface area contributed by atoms with E-state index in [9.17, 15) is 18.0 Å². The molecule has 1 aromatic carbocycles. The van der Waals surface area contributed by atoms with Crippen molar-refractivity contribution in [1.29, 1.82) is 5.26 Å². The number of hydrogen-bond acceptors (Lipinski definition) is 5. The molecule has 1 saturated heterocycles. The van der Waals surface area contributed by atoms with Crippen molar-refractivity contribution in [2.45, 2.75) is 12.3 Å². The fourth-order valence-electron chi connectivity index (χ4n) is 2.80. The summed E-state index contributed by atoms with van der Waals surface area (Å²) in [6.45, 7) is 0.848. The van der Waals surface area contributed by atoms with Gasteiger partial charge in [-0.3, -0.25) is 9.69 Å². The molecule has 1 heterocycles. The van der Waals surface area contributed by atoms with Crippen molar-refractivity contribution in [3.8, 4) is 6.07 Å². The number of nitriles is 1. The molecule has 1 aromatic rings. The fourth-order valence-corrected chi connectivity index (χ4v) is 2.80. The molecule has 0 spiro atoms. The number of nitrogens with zero attached hydrogens (tertiary/aromatic N) is 3. The minimum absolute atomic E-state index is 0.000637. The van der Waals surface area contributed by atoms with Gasteiger partial charge in [-0.25, -0.2) is 0 Å². The minimum Gasteiger partial charge on any atom is -0.480 e. The molecule has 0 aliphatic carbocycles. The number of anilines is 1. The second-order valence-corrected chi connectivity index (χ2v) is 5.87. The van der Waals surface area contributed by atoms with Crippen molar-refractivity contribution in [2.75, 3.05) is 44.7 Å². The second-order valence-electron chi connectivity index (χ2n) is 5.87. The third kappa shape index (κ3) is 5.08. The summed E-state index contributed by atoms with van der Waals surface area (Å²) in [7, 11) is 1.61. The van der Waals surface area contributed by atoms with Crippen molar-refractivity contribution in [3.05, 3.63) is 29.3 Å². The van der Waals surface area contributed by atoms with Gasteiger partial charge in [-0.1, -0.05) is 0 Å². The van der Waals surface area contributed by atoms with E-state index in [0.29, 0.717) is 6.54 Å². The molecule has 1 unspecified atom stereocenters. The highest BCUT2D eigenvalue weighted by Gasteiger charge is 2.36. The normalized spacial score (nSPS) is 18.2. The molecule has 25 heavy (non-hydrogen) atoms.